The van der Waals surface area contributed by atoms with Crippen molar-refractivity contribution < 1.29 is 14.6 Å². The minimum atomic E-state index is -0.0537. The lowest BCUT2D eigenvalue weighted by Gasteiger charge is -2.34. The standard InChI is InChI=1S/C13H18N2O3/c1-9-8-14-5-6-15(9)13(17)10-3-4-12(18-2)11(16)7-10/h3-4,7,9,14,16H,5-6,8H2,1-2H3/t9-/m1/s1. The van der Waals surface area contributed by atoms with E-state index in [0.29, 0.717) is 17.9 Å². The molecular formula is C13H18N2O3. The lowest BCUT2D eigenvalue weighted by atomic mass is 10.1. The molecule has 0 saturated carbocycles. The molecular weight excluding hydrogens is 232 g/mol. The Kier molecular flexibility index (Phi) is 3.72. The Morgan fingerprint density at radius 1 is 1.56 bits per heavy atom. The second-order valence-corrected chi connectivity index (χ2v) is 4.44. The van der Waals surface area contributed by atoms with Gasteiger partial charge in [0.05, 0.1) is 7.11 Å². The van der Waals surface area contributed by atoms with Gasteiger partial charge in [-0.1, -0.05) is 0 Å². The quantitative estimate of drug-likeness (QED) is 0.816. The van der Waals surface area contributed by atoms with Crippen molar-refractivity contribution in [2.45, 2.75) is 13.0 Å². The van der Waals surface area contributed by atoms with E-state index in [1.54, 1.807) is 12.1 Å². The molecule has 1 heterocycles. The summed E-state index contributed by atoms with van der Waals surface area (Å²) in [6.45, 7) is 4.30. The van der Waals surface area contributed by atoms with Gasteiger partial charge in [0, 0.05) is 31.2 Å². The van der Waals surface area contributed by atoms with E-state index in [9.17, 15) is 9.90 Å². The third-order valence-corrected chi connectivity index (χ3v) is 3.19. The summed E-state index contributed by atoms with van der Waals surface area (Å²) in [7, 11) is 1.48. The van der Waals surface area contributed by atoms with Crippen molar-refractivity contribution in [1.82, 2.24) is 10.2 Å². The summed E-state index contributed by atoms with van der Waals surface area (Å²) in [6.07, 6.45) is 0. The lowest BCUT2D eigenvalue weighted by molar-refractivity contribution is 0.0655. The Bertz CT molecular complexity index is 448. The number of benzene rings is 1. The molecule has 5 heteroatoms. The third-order valence-electron chi connectivity index (χ3n) is 3.19. The van der Waals surface area contributed by atoms with Crippen LogP contribution in [-0.2, 0) is 0 Å². The molecule has 2 N–H and O–H groups in total. The molecule has 0 aromatic heterocycles. The number of nitrogens with zero attached hydrogens (tertiary/aromatic N) is 1. The van der Waals surface area contributed by atoms with Gasteiger partial charge in [0.1, 0.15) is 0 Å². The van der Waals surface area contributed by atoms with E-state index in [1.165, 1.54) is 13.2 Å². The number of phenolic OH excluding ortho intramolecular Hbond substituents is 1. The van der Waals surface area contributed by atoms with Crippen LogP contribution in [0.2, 0.25) is 0 Å². The largest absolute Gasteiger partial charge is 0.504 e. The number of piperazine rings is 1. The number of hydrogen-bond donors (Lipinski definition) is 2. The normalized spacial score (nSPS) is 19.7. The van der Waals surface area contributed by atoms with Gasteiger partial charge < -0.3 is 20.1 Å². The Morgan fingerprint density at radius 2 is 2.33 bits per heavy atom. The maximum atomic E-state index is 12.3. The molecule has 1 aliphatic heterocycles. The molecule has 0 aliphatic carbocycles. The summed E-state index contributed by atoms with van der Waals surface area (Å²) in [6, 6.07) is 4.90. The number of rotatable bonds is 2. The van der Waals surface area contributed by atoms with Crippen LogP contribution in [0.5, 0.6) is 11.5 Å². The first-order chi connectivity index (χ1) is 8.63. The van der Waals surface area contributed by atoms with Crippen LogP contribution in [0.1, 0.15) is 17.3 Å². The fourth-order valence-corrected chi connectivity index (χ4v) is 2.13. The Hall–Kier alpha value is -1.75. The second kappa shape index (κ2) is 5.27. The highest BCUT2D eigenvalue weighted by Gasteiger charge is 2.24. The number of methoxy groups -OCH3 is 1. The van der Waals surface area contributed by atoms with Crippen LogP contribution in [0, 0.1) is 0 Å². The topological polar surface area (TPSA) is 61.8 Å². The molecule has 0 radical (unpaired) electrons. The Labute approximate surface area is 106 Å². The van der Waals surface area contributed by atoms with Gasteiger partial charge in [-0.25, -0.2) is 0 Å². The number of amides is 1. The van der Waals surface area contributed by atoms with E-state index < -0.39 is 0 Å². The fraction of sp³-hybridized carbons (Fsp3) is 0.462. The molecule has 1 amide bonds. The van der Waals surface area contributed by atoms with Gasteiger partial charge in [-0.2, -0.15) is 0 Å². The van der Waals surface area contributed by atoms with E-state index in [1.807, 2.05) is 11.8 Å². The van der Waals surface area contributed by atoms with Crippen molar-refractivity contribution >= 4 is 5.91 Å². The van der Waals surface area contributed by atoms with E-state index >= 15 is 0 Å². The Balaban J connectivity index is 2.20. The number of hydrogen-bond acceptors (Lipinski definition) is 4. The van der Waals surface area contributed by atoms with Crippen LogP contribution in [0.25, 0.3) is 0 Å². The average Bonchev–Trinajstić information content (AvgIpc) is 2.38. The highest BCUT2D eigenvalue weighted by Crippen LogP contribution is 2.27. The number of carbonyl (C=O) groups excluding carboxylic acids is 1. The van der Waals surface area contributed by atoms with Crippen LogP contribution in [0.3, 0.4) is 0 Å². The lowest BCUT2D eigenvalue weighted by Crippen LogP contribution is -2.52. The minimum absolute atomic E-state index is 0.00821. The summed E-state index contributed by atoms with van der Waals surface area (Å²) in [5.41, 5.74) is 0.488. The SMILES string of the molecule is COc1ccc(C(=O)N2CCNC[C@H]2C)cc1O. The number of aromatic hydroxyl groups is 1. The molecule has 18 heavy (non-hydrogen) atoms. The predicted octanol–water partition coefficient (Wildman–Crippen LogP) is 0.835. The van der Waals surface area contributed by atoms with E-state index in [4.69, 9.17) is 4.74 Å². The third kappa shape index (κ3) is 2.41. The molecule has 1 aromatic rings. The first-order valence-corrected chi connectivity index (χ1v) is 6.02. The number of ether oxygens (including phenoxy) is 1. The van der Waals surface area contributed by atoms with Gasteiger partial charge in [-0.3, -0.25) is 4.79 Å². The summed E-state index contributed by atoms with van der Waals surface area (Å²) >= 11 is 0. The smallest absolute Gasteiger partial charge is 0.254 e. The molecule has 2 rings (SSSR count). The van der Waals surface area contributed by atoms with Crippen molar-refractivity contribution in [3.05, 3.63) is 23.8 Å². The molecule has 1 aliphatic rings. The zero-order chi connectivity index (χ0) is 13.1. The molecule has 5 nitrogen and oxygen atoms in total. The predicted molar refractivity (Wildman–Crippen MR) is 68.0 cm³/mol. The van der Waals surface area contributed by atoms with E-state index in [-0.39, 0.29) is 17.7 Å². The van der Waals surface area contributed by atoms with Crippen molar-refractivity contribution in [3.63, 3.8) is 0 Å². The maximum absolute atomic E-state index is 12.3. The van der Waals surface area contributed by atoms with Gasteiger partial charge in [0.15, 0.2) is 11.5 Å². The van der Waals surface area contributed by atoms with Gasteiger partial charge in [-0.05, 0) is 25.1 Å². The highest BCUT2D eigenvalue weighted by molar-refractivity contribution is 5.95. The van der Waals surface area contributed by atoms with Crippen LogP contribution < -0.4 is 10.1 Å². The van der Waals surface area contributed by atoms with Gasteiger partial charge in [0.25, 0.3) is 5.91 Å². The molecule has 1 fully saturated rings. The number of nitrogens with one attached hydrogen (secondary N) is 1. The van der Waals surface area contributed by atoms with Crippen molar-refractivity contribution in [2.75, 3.05) is 26.7 Å². The fourth-order valence-electron chi connectivity index (χ4n) is 2.13. The second-order valence-electron chi connectivity index (χ2n) is 4.44. The first-order valence-electron chi connectivity index (χ1n) is 6.02. The van der Waals surface area contributed by atoms with Crippen molar-refractivity contribution in [1.29, 1.82) is 0 Å². The molecule has 98 valence electrons. The molecule has 0 bridgehead atoms. The van der Waals surface area contributed by atoms with E-state index in [2.05, 4.69) is 5.32 Å². The summed E-state index contributed by atoms with van der Waals surface area (Å²) < 4.78 is 4.96. The minimum Gasteiger partial charge on any atom is -0.504 e. The highest BCUT2D eigenvalue weighted by atomic mass is 16.5. The molecule has 0 unspecified atom stereocenters. The van der Waals surface area contributed by atoms with Crippen molar-refractivity contribution in [2.24, 2.45) is 0 Å². The van der Waals surface area contributed by atoms with Crippen LogP contribution in [0.4, 0.5) is 0 Å². The van der Waals surface area contributed by atoms with Gasteiger partial charge in [-0.15, -0.1) is 0 Å². The van der Waals surface area contributed by atoms with Crippen LogP contribution in [0.15, 0.2) is 18.2 Å². The zero-order valence-corrected chi connectivity index (χ0v) is 10.6. The maximum Gasteiger partial charge on any atom is 0.254 e. The van der Waals surface area contributed by atoms with Crippen LogP contribution >= 0.6 is 0 Å². The molecule has 1 aromatic carbocycles. The Morgan fingerprint density at radius 3 is 2.94 bits per heavy atom. The van der Waals surface area contributed by atoms with Gasteiger partial charge in [0.2, 0.25) is 0 Å². The van der Waals surface area contributed by atoms with Gasteiger partial charge >= 0.3 is 0 Å². The molecule has 0 spiro atoms. The van der Waals surface area contributed by atoms with Crippen molar-refractivity contribution in [3.8, 4) is 11.5 Å². The summed E-state index contributed by atoms with van der Waals surface area (Å²) in [5.74, 6) is 0.313. The summed E-state index contributed by atoms with van der Waals surface area (Å²) in [5, 5.41) is 12.9. The number of carbonyl (C=O) groups is 1. The van der Waals surface area contributed by atoms with Crippen LogP contribution in [-0.4, -0.2) is 48.7 Å². The zero-order valence-electron chi connectivity index (χ0n) is 10.6. The van der Waals surface area contributed by atoms with E-state index in [0.717, 1.165) is 13.1 Å². The monoisotopic (exact) mass is 250 g/mol. The molecule has 1 atom stereocenters. The first kappa shape index (κ1) is 12.7. The summed E-state index contributed by atoms with van der Waals surface area (Å²) in [4.78, 5) is 14.1. The number of phenols is 1. The average molecular weight is 250 g/mol. The molecule has 1 saturated heterocycles.